The van der Waals surface area contributed by atoms with Crippen LogP contribution in [-0.4, -0.2) is 56.9 Å². The Morgan fingerprint density at radius 3 is 2.09 bits per heavy atom. The summed E-state index contributed by atoms with van der Waals surface area (Å²) >= 11 is 0. The molecule has 8 nitrogen and oxygen atoms in total. The van der Waals surface area contributed by atoms with Crippen LogP contribution >= 0.6 is 0 Å². The Hall–Kier alpha value is -1.83. The molecule has 3 N–H and O–H groups in total. The van der Waals surface area contributed by atoms with Gasteiger partial charge in [0.05, 0.1) is 13.2 Å². The van der Waals surface area contributed by atoms with Crippen molar-refractivity contribution in [3.05, 3.63) is 0 Å². The molecule has 0 aliphatic carbocycles. The Balaban J connectivity index is 3.58. The van der Waals surface area contributed by atoms with Crippen molar-refractivity contribution >= 4 is 17.9 Å². The van der Waals surface area contributed by atoms with Crippen LogP contribution in [0.15, 0.2) is 0 Å². The van der Waals surface area contributed by atoms with Crippen LogP contribution in [0, 0.1) is 0 Å². The van der Waals surface area contributed by atoms with Crippen LogP contribution in [0.1, 0.15) is 33.6 Å². The largest absolute Gasteiger partial charge is 0.444 e. The van der Waals surface area contributed by atoms with E-state index in [9.17, 15) is 14.4 Å². The summed E-state index contributed by atoms with van der Waals surface area (Å²) in [5.41, 5.74) is -0.596. The lowest BCUT2D eigenvalue weighted by atomic mass is 10.2. The fourth-order valence-electron chi connectivity index (χ4n) is 1.36. The Labute approximate surface area is 131 Å². The number of rotatable bonds is 9. The lowest BCUT2D eigenvalue weighted by Crippen LogP contribution is -2.40. The van der Waals surface area contributed by atoms with Gasteiger partial charge in [-0.05, 0) is 27.2 Å². The van der Waals surface area contributed by atoms with Gasteiger partial charge in [0.1, 0.15) is 5.60 Å². The number of carbonyl (C=O) groups is 3. The minimum atomic E-state index is -0.631. The Morgan fingerprint density at radius 1 is 0.955 bits per heavy atom. The van der Waals surface area contributed by atoms with Crippen LogP contribution in [0.2, 0.25) is 0 Å². The number of nitrogens with one attached hydrogen (secondary N) is 3. The quantitative estimate of drug-likeness (QED) is 0.526. The van der Waals surface area contributed by atoms with E-state index in [-0.39, 0.29) is 18.4 Å². The molecule has 0 unspecified atom stereocenters. The van der Waals surface area contributed by atoms with Crippen molar-refractivity contribution in [1.29, 1.82) is 0 Å². The van der Waals surface area contributed by atoms with E-state index in [1.165, 1.54) is 7.11 Å². The summed E-state index contributed by atoms with van der Waals surface area (Å²) in [6, 6.07) is 0. The molecule has 0 heterocycles. The molecule has 0 atom stereocenters. The highest BCUT2D eigenvalue weighted by atomic mass is 16.6. The van der Waals surface area contributed by atoms with Crippen LogP contribution in [-0.2, 0) is 19.1 Å². The average Bonchev–Trinajstić information content (AvgIpc) is 2.40. The van der Waals surface area contributed by atoms with Crippen LogP contribution in [0.25, 0.3) is 0 Å². The van der Waals surface area contributed by atoms with E-state index in [0.29, 0.717) is 32.5 Å². The molecule has 22 heavy (non-hydrogen) atoms. The second kappa shape index (κ2) is 10.8. The van der Waals surface area contributed by atoms with Gasteiger partial charge in [-0.1, -0.05) is 0 Å². The van der Waals surface area contributed by atoms with Crippen LogP contribution in [0.5, 0.6) is 0 Å². The van der Waals surface area contributed by atoms with Crippen molar-refractivity contribution in [2.75, 3.05) is 33.4 Å². The van der Waals surface area contributed by atoms with E-state index in [2.05, 4.69) is 16.0 Å². The third-order valence-electron chi connectivity index (χ3n) is 2.32. The van der Waals surface area contributed by atoms with Gasteiger partial charge < -0.3 is 25.4 Å². The summed E-state index contributed by atoms with van der Waals surface area (Å²) in [5, 5.41) is 7.70. The van der Waals surface area contributed by atoms with Crippen molar-refractivity contribution < 1.29 is 23.9 Å². The summed E-state index contributed by atoms with van der Waals surface area (Å²) in [4.78, 5) is 34.0. The van der Waals surface area contributed by atoms with Crippen molar-refractivity contribution in [2.24, 2.45) is 0 Å². The SMILES string of the molecule is COCCC(=O)NCCCNC(=O)CNC(=O)OC(C)(C)C. The topological polar surface area (TPSA) is 106 Å². The third-order valence-corrected chi connectivity index (χ3v) is 2.32. The molecule has 0 spiro atoms. The lowest BCUT2D eigenvalue weighted by molar-refractivity contribution is -0.122. The normalized spacial score (nSPS) is 10.7. The zero-order valence-electron chi connectivity index (χ0n) is 13.8. The summed E-state index contributed by atoms with van der Waals surface area (Å²) in [7, 11) is 1.54. The summed E-state index contributed by atoms with van der Waals surface area (Å²) in [5.74, 6) is -0.392. The molecule has 0 aliphatic rings. The van der Waals surface area contributed by atoms with E-state index in [0.717, 1.165) is 0 Å². The molecule has 0 radical (unpaired) electrons. The minimum Gasteiger partial charge on any atom is -0.444 e. The predicted octanol–water partition coefficient (Wildman–Crippen LogP) is 0.170. The second-order valence-corrected chi connectivity index (χ2v) is 5.65. The first kappa shape index (κ1) is 20.2. The zero-order chi connectivity index (χ0) is 17.0. The molecular formula is C14H27N3O5. The maximum atomic E-state index is 11.5. The van der Waals surface area contributed by atoms with E-state index in [1.807, 2.05) is 0 Å². The molecule has 0 aliphatic heterocycles. The smallest absolute Gasteiger partial charge is 0.408 e. The molecule has 0 bridgehead atoms. The molecule has 0 saturated heterocycles. The molecule has 3 amide bonds. The summed E-state index contributed by atoms with van der Waals surface area (Å²) < 4.78 is 9.79. The highest BCUT2D eigenvalue weighted by molar-refractivity contribution is 5.82. The van der Waals surface area contributed by atoms with Gasteiger partial charge in [0, 0.05) is 26.6 Å². The summed E-state index contributed by atoms with van der Waals surface area (Å²) in [6.07, 6.45) is 0.299. The molecule has 128 valence electrons. The van der Waals surface area contributed by atoms with Crippen molar-refractivity contribution in [3.8, 4) is 0 Å². The molecule has 0 saturated carbocycles. The van der Waals surface area contributed by atoms with Crippen molar-refractivity contribution in [2.45, 2.75) is 39.2 Å². The summed E-state index contributed by atoms with van der Waals surface area (Å²) in [6.45, 7) is 6.37. The first-order valence-electron chi connectivity index (χ1n) is 7.24. The molecule has 8 heteroatoms. The predicted molar refractivity (Wildman–Crippen MR) is 81.4 cm³/mol. The Kier molecular flexibility index (Phi) is 9.93. The van der Waals surface area contributed by atoms with Gasteiger partial charge in [-0.15, -0.1) is 0 Å². The maximum Gasteiger partial charge on any atom is 0.408 e. The van der Waals surface area contributed by atoms with Crippen LogP contribution < -0.4 is 16.0 Å². The molecule has 0 aromatic heterocycles. The molecule has 0 rings (SSSR count). The first-order valence-corrected chi connectivity index (χ1v) is 7.24. The Bertz CT molecular complexity index is 366. The number of alkyl carbamates (subject to hydrolysis) is 1. The van der Waals surface area contributed by atoms with Crippen LogP contribution in [0.3, 0.4) is 0 Å². The number of hydrogen-bond acceptors (Lipinski definition) is 5. The van der Waals surface area contributed by atoms with E-state index < -0.39 is 11.7 Å². The fourth-order valence-corrected chi connectivity index (χ4v) is 1.36. The number of ether oxygens (including phenoxy) is 2. The van der Waals surface area contributed by atoms with E-state index >= 15 is 0 Å². The minimum absolute atomic E-state index is 0.0835. The van der Waals surface area contributed by atoms with Crippen molar-refractivity contribution in [3.63, 3.8) is 0 Å². The average molecular weight is 317 g/mol. The first-order chi connectivity index (χ1) is 10.2. The van der Waals surface area contributed by atoms with Crippen molar-refractivity contribution in [1.82, 2.24) is 16.0 Å². The standard InChI is InChI=1S/C14H27N3O5/c1-14(2,3)22-13(20)17-10-12(19)16-8-5-7-15-11(18)6-9-21-4/h5-10H2,1-4H3,(H,15,18)(H,16,19)(H,17,20). The van der Waals surface area contributed by atoms with Gasteiger partial charge in [0.15, 0.2) is 0 Å². The number of amides is 3. The van der Waals surface area contributed by atoms with Gasteiger partial charge in [0.2, 0.25) is 11.8 Å². The highest BCUT2D eigenvalue weighted by Crippen LogP contribution is 2.05. The van der Waals surface area contributed by atoms with Gasteiger partial charge in [-0.2, -0.15) is 0 Å². The van der Waals surface area contributed by atoms with Gasteiger partial charge in [-0.25, -0.2) is 4.79 Å². The molecule has 0 aromatic carbocycles. The monoisotopic (exact) mass is 317 g/mol. The zero-order valence-corrected chi connectivity index (χ0v) is 13.8. The van der Waals surface area contributed by atoms with Gasteiger partial charge >= 0.3 is 6.09 Å². The van der Waals surface area contributed by atoms with Gasteiger partial charge in [0.25, 0.3) is 0 Å². The second-order valence-electron chi connectivity index (χ2n) is 5.65. The third kappa shape index (κ3) is 13.2. The lowest BCUT2D eigenvalue weighted by Gasteiger charge is -2.19. The van der Waals surface area contributed by atoms with Crippen LogP contribution in [0.4, 0.5) is 4.79 Å². The fraction of sp³-hybridized carbons (Fsp3) is 0.786. The molecular weight excluding hydrogens is 290 g/mol. The maximum absolute atomic E-state index is 11.5. The molecule has 0 aromatic rings. The number of methoxy groups -OCH3 is 1. The molecule has 0 fully saturated rings. The Morgan fingerprint density at radius 2 is 1.55 bits per heavy atom. The van der Waals surface area contributed by atoms with E-state index in [1.54, 1.807) is 20.8 Å². The number of hydrogen-bond donors (Lipinski definition) is 3. The number of carbonyl (C=O) groups excluding carboxylic acids is 3. The van der Waals surface area contributed by atoms with E-state index in [4.69, 9.17) is 9.47 Å². The van der Waals surface area contributed by atoms with Gasteiger partial charge in [-0.3, -0.25) is 9.59 Å². The highest BCUT2D eigenvalue weighted by Gasteiger charge is 2.16.